The summed E-state index contributed by atoms with van der Waals surface area (Å²) in [6.45, 7) is 4.52. The van der Waals surface area contributed by atoms with Gasteiger partial charge in [-0.1, -0.05) is 48.9 Å². The minimum absolute atomic E-state index is 0.622. The number of aromatic amines is 1. The Kier molecular flexibility index (Phi) is 9.19. The number of rotatable bonds is 8. The number of alkyl halides is 3. The van der Waals surface area contributed by atoms with Gasteiger partial charge in [0.1, 0.15) is 5.82 Å². The number of carboxylic acid groups (broad SMARTS) is 1. The van der Waals surface area contributed by atoms with Crippen LogP contribution in [-0.2, 0) is 18.3 Å². The van der Waals surface area contributed by atoms with E-state index in [1.54, 1.807) is 7.05 Å². The number of nitrogens with one attached hydrogen (secondary N) is 2. The first-order valence-electron chi connectivity index (χ1n) is 14.2. The topological polar surface area (TPSA) is 125 Å². The molecular formula is C30H33F3N8O2. The molecule has 0 atom stereocenters. The van der Waals surface area contributed by atoms with Crippen LogP contribution in [-0.4, -0.2) is 78.5 Å². The predicted molar refractivity (Wildman–Crippen MR) is 158 cm³/mol. The van der Waals surface area contributed by atoms with Crippen molar-refractivity contribution in [3.05, 3.63) is 65.9 Å². The zero-order valence-electron chi connectivity index (χ0n) is 23.7. The van der Waals surface area contributed by atoms with E-state index in [0.29, 0.717) is 5.82 Å². The maximum Gasteiger partial charge on any atom is 0.490 e. The van der Waals surface area contributed by atoms with Gasteiger partial charge in [-0.05, 0) is 61.8 Å². The third-order valence-electron chi connectivity index (χ3n) is 7.26. The van der Waals surface area contributed by atoms with Gasteiger partial charge in [-0.15, -0.1) is 10.2 Å². The average molecular weight is 595 g/mol. The summed E-state index contributed by atoms with van der Waals surface area (Å²) in [5.74, 6) is -1.18. The molecule has 0 saturated carbocycles. The molecule has 3 N–H and O–H groups in total. The number of aliphatic carboxylic acids is 1. The fraction of sp³-hybridized carbons (Fsp3) is 0.367. The van der Waals surface area contributed by atoms with E-state index in [-0.39, 0.29) is 0 Å². The molecule has 0 spiro atoms. The molecular weight excluding hydrogens is 561 g/mol. The SMILES string of the molecule is Cn1nnc(-c2ccc3c(c2)[nH]c2cc(Cc4ccccc4)nc(NCCCN4CCCCC4)c23)n1.O=C(O)C(F)(F)F. The van der Waals surface area contributed by atoms with Gasteiger partial charge in [0.05, 0.1) is 12.6 Å². The molecule has 3 aromatic heterocycles. The van der Waals surface area contributed by atoms with E-state index in [1.165, 1.54) is 42.7 Å². The fourth-order valence-electron chi connectivity index (χ4n) is 5.23. The summed E-state index contributed by atoms with van der Waals surface area (Å²) in [5, 5.41) is 25.6. The lowest BCUT2D eigenvalue weighted by atomic mass is 10.1. The zero-order chi connectivity index (χ0) is 30.4. The van der Waals surface area contributed by atoms with Gasteiger partial charge in [0.25, 0.3) is 0 Å². The number of halogens is 3. The van der Waals surface area contributed by atoms with Gasteiger partial charge < -0.3 is 20.3 Å². The number of fused-ring (bicyclic) bond motifs is 3. The lowest BCUT2D eigenvalue weighted by Crippen LogP contribution is -2.31. The van der Waals surface area contributed by atoms with E-state index in [2.05, 4.69) is 85.2 Å². The monoisotopic (exact) mass is 594 g/mol. The number of pyridine rings is 1. The van der Waals surface area contributed by atoms with Crippen molar-refractivity contribution in [2.75, 3.05) is 31.5 Å². The van der Waals surface area contributed by atoms with Crippen molar-refractivity contribution in [1.29, 1.82) is 0 Å². The highest BCUT2D eigenvalue weighted by Gasteiger charge is 2.38. The summed E-state index contributed by atoms with van der Waals surface area (Å²) in [4.78, 5) is 21.7. The zero-order valence-corrected chi connectivity index (χ0v) is 23.7. The van der Waals surface area contributed by atoms with Crippen LogP contribution in [0.4, 0.5) is 19.0 Å². The Morgan fingerprint density at radius 2 is 1.79 bits per heavy atom. The Balaban J connectivity index is 0.000000472. The molecule has 4 heterocycles. The molecule has 1 aliphatic heterocycles. The number of piperidine rings is 1. The number of benzene rings is 2. The number of anilines is 1. The number of carboxylic acids is 1. The standard InChI is InChI=1S/C28H32N8.C2HF3O2/c1-35-33-27(32-34-35)21-11-12-23-24(18-21)31-25-19-22(17-20-9-4-2-5-10-20)30-28(26(23)25)29-13-8-16-36-14-6-3-7-15-36;3-2(4,5)1(6)7/h2,4-5,9-12,18-19,31H,3,6-8,13-17H2,1H3,(H,29,30);(H,6,7). The van der Waals surface area contributed by atoms with Gasteiger partial charge in [0.15, 0.2) is 0 Å². The van der Waals surface area contributed by atoms with Gasteiger partial charge in [-0.3, -0.25) is 0 Å². The first-order valence-corrected chi connectivity index (χ1v) is 14.2. The normalized spacial score (nSPS) is 14.0. The second-order valence-corrected chi connectivity index (χ2v) is 10.5. The molecule has 226 valence electrons. The minimum Gasteiger partial charge on any atom is -0.475 e. The molecule has 1 aliphatic rings. The van der Waals surface area contributed by atoms with Crippen molar-refractivity contribution in [2.45, 2.75) is 38.3 Å². The van der Waals surface area contributed by atoms with E-state index in [1.807, 2.05) is 0 Å². The molecule has 0 amide bonds. The van der Waals surface area contributed by atoms with Crippen molar-refractivity contribution in [2.24, 2.45) is 7.05 Å². The molecule has 1 fully saturated rings. The van der Waals surface area contributed by atoms with Crippen LogP contribution in [0.15, 0.2) is 54.6 Å². The number of aromatic nitrogens is 6. The summed E-state index contributed by atoms with van der Waals surface area (Å²) in [6.07, 6.45) is 0.859. The van der Waals surface area contributed by atoms with Gasteiger partial charge in [-0.25, -0.2) is 9.78 Å². The molecule has 43 heavy (non-hydrogen) atoms. The van der Waals surface area contributed by atoms with Crippen LogP contribution in [0.1, 0.15) is 36.9 Å². The number of tetrazole rings is 1. The number of carbonyl (C=O) groups is 1. The van der Waals surface area contributed by atoms with E-state index in [9.17, 15) is 13.2 Å². The summed E-state index contributed by atoms with van der Waals surface area (Å²) >= 11 is 0. The maximum absolute atomic E-state index is 10.6. The van der Waals surface area contributed by atoms with Crippen LogP contribution in [0.2, 0.25) is 0 Å². The lowest BCUT2D eigenvalue weighted by Gasteiger charge is -2.26. The highest BCUT2D eigenvalue weighted by atomic mass is 19.4. The Labute approximate surface area is 245 Å². The Bertz CT molecular complexity index is 1680. The van der Waals surface area contributed by atoms with Crippen LogP contribution in [0.3, 0.4) is 0 Å². The van der Waals surface area contributed by atoms with Gasteiger partial charge in [-0.2, -0.15) is 18.0 Å². The van der Waals surface area contributed by atoms with Crippen LogP contribution < -0.4 is 5.32 Å². The first-order chi connectivity index (χ1) is 20.7. The van der Waals surface area contributed by atoms with Crippen molar-refractivity contribution < 1.29 is 23.1 Å². The first kappa shape index (κ1) is 30.0. The lowest BCUT2D eigenvalue weighted by molar-refractivity contribution is -0.192. The predicted octanol–water partition coefficient (Wildman–Crippen LogP) is 5.42. The van der Waals surface area contributed by atoms with E-state index in [4.69, 9.17) is 14.9 Å². The second kappa shape index (κ2) is 13.2. The number of hydrogen-bond acceptors (Lipinski definition) is 7. The number of aryl methyl sites for hydroxylation is 1. The highest BCUT2D eigenvalue weighted by molar-refractivity contribution is 6.13. The molecule has 5 aromatic rings. The molecule has 0 radical (unpaired) electrons. The number of likely N-dealkylation sites (tertiary alicyclic amines) is 1. The van der Waals surface area contributed by atoms with Crippen LogP contribution in [0.25, 0.3) is 33.2 Å². The summed E-state index contributed by atoms with van der Waals surface area (Å²) < 4.78 is 31.7. The second-order valence-electron chi connectivity index (χ2n) is 10.5. The molecule has 0 bridgehead atoms. The molecule has 10 nitrogen and oxygen atoms in total. The van der Waals surface area contributed by atoms with Crippen molar-refractivity contribution in [1.82, 2.24) is 35.1 Å². The number of H-pyrrole nitrogens is 1. The Morgan fingerprint density at radius 3 is 2.47 bits per heavy atom. The van der Waals surface area contributed by atoms with Gasteiger partial charge in [0, 0.05) is 40.5 Å². The van der Waals surface area contributed by atoms with E-state index in [0.717, 1.165) is 64.8 Å². The molecule has 2 aromatic carbocycles. The largest absolute Gasteiger partial charge is 0.490 e. The third-order valence-corrected chi connectivity index (χ3v) is 7.26. The van der Waals surface area contributed by atoms with Crippen molar-refractivity contribution in [3.8, 4) is 11.4 Å². The molecule has 0 aliphatic carbocycles. The maximum atomic E-state index is 10.6. The molecule has 0 unspecified atom stereocenters. The van der Waals surface area contributed by atoms with Gasteiger partial charge >= 0.3 is 12.1 Å². The van der Waals surface area contributed by atoms with Gasteiger partial charge in [0.2, 0.25) is 5.82 Å². The minimum atomic E-state index is -5.08. The summed E-state index contributed by atoms with van der Waals surface area (Å²) in [6, 6.07) is 19.0. The number of hydrogen-bond donors (Lipinski definition) is 3. The molecule has 1 saturated heterocycles. The fourth-order valence-corrected chi connectivity index (χ4v) is 5.23. The third kappa shape index (κ3) is 7.66. The highest BCUT2D eigenvalue weighted by Crippen LogP contribution is 2.33. The molecule has 6 rings (SSSR count). The Morgan fingerprint density at radius 1 is 1.05 bits per heavy atom. The summed E-state index contributed by atoms with van der Waals surface area (Å²) in [7, 11) is 1.78. The van der Waals surface area contributed by atoms with Crippen LogP contribution >= 0.6 is 0 Å². The van der Waals surface area contributed by atoms with E-state index < -0.39 is 12.1 Å². The van der Waals surface area contributed by atoms with Crippen molar-refractivity contribution >= 4 is 33.6 Å². The van der Waals surface area contributed by atoms with Crippen LogP contribution in [0, 0.1) is 0 Å². The summed E-state index contributed by atoms with van der Waals surface area (Å²) in [5.41, 5.74) is 5.39. The van der Waals surface area contributed by atoms with E-state index >= 15 is 0 Å². The number of nitrogens with zero attached hydrogens (tertiary/aromatic N) is 6. The molecule has 13 heteroatoms. The smallest absolute Gasteiger partial charge is 0.475 e. The van der Waals surface area contributed by atoms with Crippen molar-refractivity contribution in [3.63, 3.8) is 0 Å². The average Bonchev–Trinajstić information content (AvgIpc) is 3.59. The quantitative estimate of drug-likeness (QED) is 0.204. The van der Waals surface area contributed by atoms with Crippen LogP contribution in [0.5, 0.6) is 0 Å². The Hall–Kier alpha value is -4.52.